The number of fused-ring (bicyclic) bond motifs is 2. The second-order valence-electron chi connectivity index (χ2n) is 7.47. The summed E-state index contributed by atoms with van der Waals surface area (Å²) in [6.07, 6.45) is 9.03. The molecule has 2 spiro atoms. The van der Waals surface area contributed by atoms with Crippen LogP contribution in [0.4, 0.5) is 0 Å². The van der Waals surface area contributed by atoms with E-state index in [4.69, 9.17) is 18.9 Å². The highest BCUT2D eigenvalue weighted by Crippen LogP contribution is 2.52. The van der Waals surface area contributed by atoms with Gasteiger partial charge in [-0.05, 0) is 38.5 Å². The van der Waals surface area contributed by atoms with Crippen molar-refractivity contribution < 1.29 is 28.5 Å². The molecule has 3 saturated heterocycles. The summed E-state index contributed by atoms with van der Waals surface area (Å²) in [4.78, 5) is 22.7. The Kier molecular flexibility index (Phi) is 4.49. The molecule has 1 saturated carbocycles. The second kappa shape index (κ2) is 6.48. The zero-order chi connectivity index (χ0) is 16.6. The molecule has 0 unspecified atom stereocenters. The van der Waals surface area contributed by atoms with E-state index in [0.29, 0.717) is 25.7 Å². The van der Waals surface area contributed by atoms with Gasteiger partial charge in [-0.3, -0.25) is 0 Å². The first-order valence-electron chi connectivity index (χ1n) is 9.32. The van der Waals surface area contributed by atoms with Crippen LogP contribution in [-0.4, -0.2) is 48.6 Å². The van der Waals surface area contributed by atoms with Crippen molar-refractivity contribution in [1.82, 2.24) is 0 Å². The fourth-order valence-electron chi connectivity index (χ4n) is 4.72. The van der Waals surface area contributed by atoms with Gasteiger partial charge in [-0.1, -0.05) is 12.8 Å². The van der Waals surface area contributed by atoms with Gasteiger partial charge in [-0.25, -0.2) is 0 Å². The fraction of sp³-hybridized carbons (Fsp3) is 0.889. The molecule has 24 heavy (non-hydrogen) atoms. The number of ether oxygens (including phenoxy) is 4. The minimum absolute atomic E-state index is 0.0185. The van der Waals surface area contributed by atoms with E-state index < -0.39 is 23.8 Å². The summed E-state index contributed by atoms with van der Waals surface area (Å²) in [6, 6.07) is 0. The third kappa shape index (κ3) is 2.64. The molecule has 134 valence electrons. The van der Waals surface area contributed by atoms with Crippen LogP contribution in [0.3, 0.4) is 0 Å². The SMILES string of the molecule is O=C[C@H]1CCC[C@]2(O[C@H]3CCCC[C@@H]3O[C@]23CCC[C@H](C=O)O3)O1. The van der Waals surface area contributed by atoms with Gasteiger partial charge in [0.15, 0.2) is 0 Å². The molecule has 4 aliphatic rings. The van der Waals surface area contributed by atoms with Gasteiger partial charge in [0.25, 0.3) is 0 Å². The maximum absolute atomic E-state index is 11.3. The van der Waals surface area contributed by atoms with Gasteiger partial charge < -0.3 is 28.5 Å². The van der Waals surface area contributed by atoms with E-state index in [-0.39, 0.29) is 12.2 Å². The molecule has 6 nitrogen and oxygen atoms in total. The van der Waals surface area contributed by atoms with E-state index in [9.17, 15) is 9.59 Å². The van der Waals surface area contributed by atoms with Crippen molar-refractivity contribution in [2.24, 2.45) is 0 Å². The summed E-state index contributed by atoms with van der Waals surface area (Å²) in [6.45, 7) is 0. The number of aldehydes is 2. The highest BCUT2D eigenvalue weighted by atomic mass is 16.8. The highest BCUT2D eigenvalue weighted by molar-refractivity contribution is 5.57. The Hall–Kier alpha value is -0.820. The van der Waals surface area contributed by atoms with Crippen LogP contribution in [0.1, 0.15) is 64.2 Å². The molecular weight excluding hydrogens is 312 g/mol. The molecule has 4 fully saturated rings. The topological polar surface area (TPSA) is 71.1 Å². The molecule has 0 aromatic rings. The quantitative estimate of drug-likeness (QED) is 0.719. The van der Waals surface area contributed by atoms with Gasteiger partial charge in [-0.15, -0.1) is 0 Å². The van der Waals surface area contributed by atoms with Crippen molar-refractivity contribution in [3.8, 4) is 0 Å². The van der Waals surface area contributed by atoms with E-state index >= 15 is 0 Å². The number of hydrogen-bond donors (Lipinski definition) is 0. The summed E-state index contributed by atoms with van der Waals surface area (Å²) in [5.41, 5.74) is 0. The first-order valence-corrected chi connectivity index (χ1v) is 9.32. The number of hydrogen-bond acceptors (Lipinski definition) is 6. The van der Waals surface area contributed by atoms with Crippen LogP contribution in [0, 0.1) is 0 Å². The smallest absolute Gasteiger partial charge is 0.224 e. The summed E-state index contributed by atoms with van der Waals surface area (Å²) in [5, 5.41) is 0. The largest absolute Gasteiger partial charge is 0.339 e. The number of carbonyl (C=O) groups excluding carboxylic acids is 2. The van der Waals surface area contributed by atoms with Gasteiger partial charge >= 0.3 is 0 Å². The fourth-order valence-corrected chi connectivity index (χ4v) is 4.72. The Morgan fingerprint density at radius 1 is 0.625 bits per heavy atom. The van der Waals surface area contributed by atoms with E-state index in [1.807, 2.05) is 0 Å². The van der Waals surface area contributed by atoms with Crippen molar-refractivity contribution >= 4 is 12.6 Å². The predicted octanol–water partition coefficient (Wildman–Crippen LogP) is 2.27. The molecule has 0 N–H and O–H groups in total. The van der Waals surface area contributed by atoms with Crippen molar-refractivity contribution in [2.45, 2.75) is 100 Å². The van der Waals surface area contributed by atoms with Crippen LogP contribution in [0.5, 0.6) is 0 Å². The molecule has 6 atom stereocenters. The molecule has 1 aliphatic carbocycles. The van der Waals surface area contributed by atoms with Crippen molar-refractivity contribution in [2.75, 3.05) is 0 Å². The lowest BCUT2D eigenvalue weighted by atomic mass is 9.84. The van der Waals surface area contributed by atoms with Gasteiger partial charge in [-0.2, -0.15) is 0 Å². The average Bonchev–Trinajstić information content (AvgIpc) is 2.63. The summed E-state index contributed by atoms with van der Waals surface area (Å²) < 4.78 is 25.3. The summed E-state index contributed by atoms with van der Waals surface area (Å²) >= 11 is 0. The van der Waals surface area contributed by atoms with Crippen molar-refractivity contribution in [1.29, 1.82) is 0 Å². The molecule has 0 amide bonds. The average molecular weight is 338 g/mol. The number of carbonyl (C=O) groups is 2. The molecule has 3 heterocycles. The Bertz CT molecular complexity index is 452. The molecule has 3 aliphatic heterocycles. The van der Waals surface area contributed by atoms with Crippen LogP contribution in [0.15, 0.2) is 0 Å². The third-order valence-electron chi connectivity index (χ3n) is 5.88. The standard InChI is InChI=1S/C18H26O6/c19-11-13-5-3-9-17(21-13)18(10-4-6-14(12-20)22-18)24-16-8-2-1-7-15(16)23-17/h11-16H,1-10H2/t13-,14-,15+,16+,17-,18-/m1/s1. The van der Waals surface area contributed by atoms with E-state index in [2.05, 4.69) is 0 Å². The van der Waals surface area contributed by atoms with E-state index in [1.165, 1.54) is 0 Å². The molecule has 6 heteroatoms. The summed E-state index contributed by atoms with van der Waals surface area (Å²) in [5.74, 6) is -2.14. The van der Waals surface area contributed by atoms with Crippen molar-refractivity contribution in [3.05, 3.63) is 0 Å². The first kappa shape index (κ1) is 16.6. The molecule has 0 bridgehead atoms. The van der Waals surface area contributed by atoms with Crippen LogP contribution in [0.25, 0.3) is 0 Å². The Labute approximate surface area is 142 Å². The molecule has 0 aromatic heterocycles. The zero-order valence-corrected chi connectivity index (χ0v) is 14.0. The lowest BCUT2D eigenvalue weighted by Gasteiger charge is -2.60. The van der Waals surface area contributed by atoms with E-state index in [1.54, 1.807) is 0 Å². The maximum atomic E-state index is 11.3. The lowest BCUT2D eigenvalue weighted by Crippen LogP contribution is -2.71. The Morgan fingerprint density at radius 2 is 1.08 bits per heavy atom. The predicted molar refractivity (Wildman–Crippen MR) is 83.3 cm³/mol. The van der Waals surface area contributed by atoms with Gasteiger partial charge in [0.05, 0.1) is 12.2 Å². The van der Waals surface area contributed by atoms with E-state index in [0.717, 1.165) is 51.1 Å². The van der Waals surface area contributed by atoms with Crippen LogP contribution in [-0.2, 0) is 28.5 Å². The molecule has 4 rings (SSSR count). The van der Waals surface area contributed by atoms with Crippen LogP contribution < -0.4 is 0 Å². The first-order chi connectivity index (χ1) is 11.7. The van der Waals surface area contributed by atoms with Crippen LogP contribution in [0.2, 0.25) is 0 Å². The van der Waals surface area contributed by atoms with Gasteiger partial charge in [0.2, 0.25) is 11.6 Å². The zero-order valence-electron chi connectivity index (χ0n) is 14.0. The molecule has 0 radical (unpaired) electrons. The summed E-state index contributed by atoms with van der Waals surface area (Å²) in [7, 11) is 0. The Balaban J connectivity index is 1.68. The third-order valence-corrected chi connectivity index (χ3v) is 5.88. The lowest BCUT2D eigenvalue weighted by molar-refractivity contribution is -0.491. The van der Waals surface area contributed by atoms with Crippen LogP contribution >= 0.6 is 0 Å². The highest BCUT2D eigenvalue weighted by Gasteiger charge is 2.65. The molecule has 0 aromatic carbocycles. The minimum atomic E-state index is -1.07. The molecular formula is C18H26O6. The monoisotopic (exact) mass is 338 g/mol. The van der Waals surface area contributed by atoms with Gasteiger partial charge in [0, 0.05) is 12.8 Å². The normalized spacial score (nSPS) is 48.8. The minimum Gasteiger partial charge on any atom is -0.339 e. The maximum Gasteiger partial charge on any atom is 0.224 e. The van der Waals surface area contributed by atoms with Gasteiger partial charge in [0.1, 0.15) is 24.8 Å². The Morgan fingerprint density at radius 3 is 1.50 bits per heavy atom. The second-order valence-corrected chi connectivity index (χ2v) is 7.47. The number of rotatable bonds is 2. The van der Waals surface area contributed by atoms with Crippen molar-refractivity contribution in [3.63, 3.8) is 0 Å².